The minimum absolute atomic E-state index is 0.355. The summed E-state index contributed by atoms with van der Waals surface area (Å²) in [5, 5.41) is 3.56. The number of morpholine rings is 1. The number of halogens is 1. The third-order valence-corrected chi connectivity index (χ3v) is 5.65. The fourth-order valence-corrected chi connectivity index (χ4v) is 3.57. The number of hydrogen-bond donors (Lipinski definition) is 1. The van der Waals surface area contributed by atoms with E-state index in [1.165, 1.54) is 0 Å². The van der Waals surface area contributed by atoms with E-state index >= 15 is 0 Å². The molecule has 2 fully saturated rings. The van der Waals surface area contributed by atoms with Gasteiger partial charge in [-0.1, -0.05) is 0 Å². The zero-order valence-electron chi connectivity index (χ0n) is 14.9. The Labute approximate surface area is 161 Å². The predicted octanol–water partition coefficient (Wildman–Crippen LogP) is 2.47. The Bertz CT molecular complexity index is 767. The summed E-state index contributed by atoms with van der Waals surface area (Å²) in [4.78, 5) is 18.3. The number of ether oxygens (including phenoxy) is 1. The number of aryl methyl sites for hydroxylation is 1. The van der Waals surface area contributed by atoms with E-state index in [4.69, 9.17) is 9.72 Å². The summed E-state index contributed by atoms with van der Waals surface area (Å²) in [5.41, 5.74) is 1.02. The number of rotatable bonds is 4. The Morgan fingerprint density at radius 1 is 1.12 bits per heavy atom. The van der Waals surface area contributed by atoms with Crippen molar-refractivity contribution in [3.8, 4) is 0 Å². The van der Waals surface area contributed by atoms with Gasteiger partial charge in [0.25, 0.3) is 0 Å². The molecule has 2 aromatic heterocycles. The van der Waals surface area contributed by atoms with Crippen LogP contribution in [-0.4, -0.2) is 60.4 Å². The minimum Gasteiger partial charge on any atom is -0.378 e. The standard InChI is InChI=1S/C18H23BrN6O/c1-13-15(19)2-3-17(21-13)25-7-5-14(12-25)22-16-4-6-20-18(23-16)24-8-10-26-11-9-24/h2-4,6,14H,5,7-12H2,1H3,(H,20,22,23). The first-order valence-electron chi connectivity index (χ1n) is 8.99. The molecule has 7 nitrogen and oxygen atoms in total. The fourth-order valence-electron chi connectivity index (χ4n) is 3.35. The second kappa shape index (κ2) is 7.75. The van der Waals surface area contributed by atoms with Gasteiger partial charge in [-0.25, -0.2) is 9.97 Å². The molecule has 1 atom stereocenters. The van der Waals surface area contributed by atoms with E-state index in [1.54, 1.807) is 0 Å². The number of pyridine rings is 1. The van der Waals surface area contributed by atoms with Gasteiger partial charge < -0.3 is 19.9 Å². The number of aromatic nitrogens is 3. The van der Waals surface area contributed by atoms with Gasteiger partial charge in [0.2, 0.25) is 5.95 Å². The first-order chi connectivity index (χ1) is 12.7. The third kappa shape index (κ3) is 3.91. The number of nitrogens with zero attached hydrogens (tertiary/aromatic N) is 5. The highest BCUT2D eigenvalue weighted by Crippen LogP contribution is 2.24. The molecule has 0 spiro atoms. The van der Waals surface area contributed by atoms with Crippen molar-refractivity contribution in [2.75, 3.05) is 54.5 Å². The molecule has 2 aromatic rings. The maximum Gasteiger partial charge on any atom is 0.227 e. The van der Waals surface area contributed by atoms with Crippen LogP contribution in [0.4, 0.5) is 17.6 Å². The fraction of sp³-hybridized carbons (Fsp3) is 0.500. The minimum atomic E-state index is 0.355. The van der Waals surface area contributed by atoms with Crippen LogP contribution in [0.2, 0.25) is 0 Å². The van der Waals surface area contributed by atoms with Crippen LogP contribution in [0.5, 0.6) is 0 Å². The number of hydrogen-bond acceptors (Lipinski definition) is 7. The van der Waals surface area contributed by atoms with Crippen LogP contribution in [-0.2, 0) is 4.74 Å². The Kier molecular flexibility index (Phi) is 5.21. The monoisotopic (exact) mass is 418 g/mol. The summed E-state index contributed by atoms with van der Waals surface area (Å²) in [6.45, 7) is 7.09. The van der Waals surface area contributed by atoms with Crippen molar-refractivity contribution < 1.29 is 4.74 Å². The topological polar surface area (TPSA) is 66.4 Å². The van der Waals surface area contributed by atoms with Gasteiger partial charge in [-0.05, 0) is 47.5 Å². The van der Waals surface area contributed by atoms with Gasteiger partial charge in [-0.3, -0.25) is 0 Å². The average Bonchev–Trinajstić information content (AvgIpc) is 3.13. The Morgan fingerprint density at radius 3 is 2.77 bits per heavy atom. The van der Waals surface area contributed by atoms with Crippen molar-refractivity contribution in [1.29, 1.82) is 0 Å². The second-order valence-electron chi connectivity index (χ2n) is 6.65. The quantitative estimate of drug-likeness (QED) is 0.817. The van der Waals surface area contributed by atoms with Gasteiger partial charge in [-0.15, -0.1) is 0 Å². The van der Waals surface area contributed by atoms with Crippen LogP contribution < -0.4 is 15.1 Å². The van der Waals surface area contributed by atoms with E-state index in [0.29, 0.717) is 6.04 Å². The van der Waals surface area contributed by atoms with E-state index in [-0.39, 0.29) is 0 Å². The van der Waals surface area contributed by atoms with Crippen molar-refractivity contribution in [3.05, 3.63) is 34.6 Å². The summed E-state index contributed by atoms with van der Waals surface area (Å²) < 4.78 is 6.45. The van der Waals surface area contributed by atoms with Crippen LogP contribution >= 0.6 is 15.9 Å². The maximum absolute atomic E-state index is 5.40. The van der Waals surface area contributed by atoms with Crippen molar-refractivity contribution in [3.63, 3.8) is 0 Å². The highest BCUT2D eigenvalue weighted by atomic mass is 79.9. The van der Waals surface area contributed by atoms with E-state index in [9.17, 15) is 0 Å². The summed E-state index contributed by atoms with van der Waals surface area (Å²) in [5.74, 6) is 2.69. The molecule has 2 saturated heterocycles. The molecule has 0 saturated carbocycles. The molecule has 0 radical (unpaired) electrons. The van der Waals surface area contributed by atoms with E-state index in [2.05, 4.69) is 53.1 Å². The molecule has 1 N–H and O–H groups in total. The number of nitrogens with one attached hydrogen (secondary N) is 1. The lowest BCUT2D eigenvalue weighted by Crippen LogP contribution is -2.37. The highest BCUT2D eigenvalue weighted by molar-refractivity contribution is 9.10. The molecule has 0 bridgehead atoms. The molecular formula is C18H23BrN6O. The van der Waals surface area contributed by atoms with Crippen molar-refractivity contribution in [2.24, 2.45) is 0 Å². The summed E-state index contributed by atoms with van der Waals surface area (Å²) in [6.07, 6.45) is 2.89. The molecule has 138 valence electrons. The molecule has 0 aromatic carbocycles. The largest absolute Gasteiger partial charge is 0.378 e. The molecule has 1 unspecified atom stereocenters. The molecular weight excluding hydrogens is 396 g/mol. The van der Waals surface area contributed by atoms with Crippen molar-refractivity contribution >= 4 is 33.5 Å². The zero-order chi connectivity index (χ0) is 17.9. The third-order valence-electron chi connectivity index (χ3n) is 4.81. The normalized spacial score (nSPS) is 20.5. The lowest BCUT2D eigenvalue weighted by atomic mass is 10.2. The zero-order valence-corrected chi connectivity index (χ0v) is 16.4. The van der Waals surface area contributed by atoms with Gasteiger partial charge in [0.15, 0.2) is 0 Å². The van der Waals surface area contributed by atoms with Gasteiger partial charge in [0.1, 0.15) is 11.6 Å². The Balaban J connectivity index is 1.39. The van der Waals surface area contributed by atoms with Crippen molar-refractivity contribution in [1.82, 2.24) is 15.0 Å². The summed E-state index contributed by atoms with van der Waals surface area (Å²) in [7, 11) is 0. The van der Waals surface area contributed by atoms with Crippen LogP contribution in [0.25, 0.3) is 0 Å². The molecule has 26 heavy (non-hydrogen) atoms. The molecule has 0 aliphatic carbocycles. The lowest BCUT2D eigenvalue weighted by Gasteiger charge is -2.27. The molecule has 4 rings (SSSR count). The summed E-state index contributed by atoms with van der Waals surface area (Å²) >= 11 is 3.51. The van der Waals surface area contributed by atoms with Crippen LogP contribution in [0.15, 0.2) is 28.9 Å². The second-order valence-corrected chi connectivity index (χ2v) is 7.51. The summed E-state index contributed by atoms with van der Waals surface area (Å²) in [6, 6.07) is 6.43. The molecule has 2 aliphatic heterocycles. The molecule has 8 heteroatoms. The molecule has 2 aliphatic rings. The van der Waals surface area contributed by atoms with E-state index in [1.807, 2.05) is 19.2 Å². The van der Waals surface area contributed by atoms with Crippen LogP contribution in [0.3, 0.4) is 0 Å². The van der Waals surface area contributed by atoms with Gasteiger partial charge in [0.05, 0.1) is 18.9 Å². The Hall–Kier alpha value is -1.93. The predicted molar refractivity (Wildman–Crippen MR) is 106 cm³/mol. The molecule has 4 heterocycles. The lowest BCUT2D eigenvalue weighted by molar-refractivity contribution is 0.122. The first kappa shape index (κ1) is 17.5. The average molecular weight is 419 g/mol. The van der Waals surface area contributed by atoms with Gasteiger partial charge in [0, 0.05) is 42.9 Å². The SMILES string of the molecule is Cc1nc(N2CCC(Nc3ccnc(N4CCOCC4)n3)C2)ccc1Br. The van der Waals surface area contributed by atoms with E-state index < -0.39 is 0 Å². The number of anilines is 3. The maximum atomic E-state index is 5.40. The molecule has 0 amide bonds. The smallest absolute Gasteiger partial charge is 0.227 e. The highest BCUT2D eigenvalue weighted by Gasteiger charge is 2.24. The van der Waals surface area contributed by atoms with Crippen LogP contribution in [0.1, 0.15) is 12.1 Å². The first-order valence-corrected chi connectivity index (χ1v) is 9.79. The van der Waals surface area contributed by atoms with Crippen LogP contribution in [0, 0.1) is 6.92 Å². The van der Waals surface area contributed by atoms with Crippen molar-refractivity contribution in [2.45, 2.75) is 19.4 Å². The van der Waals surface area contributed by atoms with E-state index in [0.717, 1.165) is 73.6 Å². The Morgan fingerprint density at radius 2 is 1.96 bits per heavy atom. The van der Waals surface area contributed by atoms with Gasteiger partial charge in [-0.2, -0.15) is 4.98 Å². The van der Waals surface area contributed by atoms with Gasteiger partial charge >= 0.3 is 0 Å².